The minimum Gasteiger partial charge on any atom is -0.457 e. The van der Waals surface area contributed by atoms with Gasteiger partial charge in [-0.3, -0.25) is 4.98 Å². The van der Waals surface area contributed by atoms with Crippen LogP contribution in [0.15, 0.2) is 167 Å². The SMILES string of the molecule is c1ccc(Oc2ccc(N(c3ccc(-c4ccncc4)cc3)c3cc4c5ccccc5oc4c4c3oc3ccccc34)cc2)cc1. The molecule has 0 aliphatic heterocycles. The number of hydrogen-bond acceptors (Lipinski definition) is 5. The summed E-state index contributed by atoms with van der Waals surface area (Å²) in [5.74, 6) is 1.55. The van der Waals surface area contributed by atoms with Gasteiger partial charge in [0.1, 0.15) is 28.2 Å². The summed E-state index contributed by atoms with van der Waals surface area (Å²) in [7, 11) is 0. The number of aromatic nitrogens is 1. The summed E-state index contributed by atoms with van der Waals surface area (Å²) in [5.41, 5.74) is 8.33. The molecule has 0 unspecified atom stereocenters. The standard InChI is InChI=1S/C41H26N2O3/c1-2-8-31(9-3-1)44-32-20-18-30(19-21-32)43(29-16-14-27(15-17-29)28-22-24-42-25-23-28)36-26-35-33-10-4-6-12-37(33)45-40(35)39-34-11-5-7-13-38(34)46-41(36)39/h1-26H. The van der Waals surface area contributed by atoms with Crippen molar-refractivity contribution in [3.8, 4) is 22.6 Å². The van der Waals surface area contributed by atoms with Crippen LogP contribution in [0.3, 0.4) is 0 Å². The molecule has 6 aromatic carbocycles. The topological polar surface area (TPSA) is 51.6 Å². The van der Waals surface area contributed by atoms with E-state index in [0.29, 0.717) is 0 Å². The molecule has 3 aromatic heterocycles. The van der Waals surface area contributed by atoms with Crippen molar-refractivity contribution in [2.45, 2.75) is 0 Å². The molecule has 0 bridgehead atoms. The molecule has 0 N–H and O–H groups in total. The number of rotatable bonds is 6. The van der Waals surface area contributed by atoms with Crippen LogP contribution in [0.5, 0.6) is 11.5 Å². The van der Waals surface area contributed by atoms with E-state index >= 15 is 0 Å². The first-order valence-electron chi connectivity index (χ1n) is 15.2. The Bertz CT molecular complexity index is 2480. The van der Waals surface area contributed by atoms with Crippen LogP contribution in [-0.2, 0) is 0 Å². The number of pyridine rings is 1. The van der Waals surface area contributed by atoms with Gasteiger partial charge in [0.25, 0.3) is 0 Å². The minimum atomic E-state index is 0.757. The third kappa shape index (κ3) is 4.37. The number of nitrogens with zero attached hydrogens (tertiary/aromatic N) is 2. The van der Waals surface area contributed by atoms with E-state index in [1.807, 2.05) is 97.3 Å². The number of para-hydroxylation sites is 3. The summed E-state index contributed by atoms with van der Waals surface area (Å²) in [5, 5.41) is 4.07. The van der Waals surface area contributed by atoms with Gasteiger partial charge in [0.2, 0.25) is 0 Å². The van der Waals surface area contributed by atoms with Crippen molar-refractivity contribution < 1.29 is 13.6 Å². The van der Waals surface area contributed by atoms with E-state index in [0.717, 1.165) is 83.6 Å². The van der Waals surface area contributed by atoms with Crippen LogP contribution in [0.25, 0.3) is 55.0 Å². The third-order valence-electron chi connectivity index (χ3n) is 8.42. The van der Waals surface area contributed by atoms with E-state index in [1.54, 1.807) is 0 Å². The van der Waals surface area contributed by atoms with E-state index in [-0.39, 0.29) is 0 Å². The molecule has 0 aliphatic rings. The second-order valence-electron chi connectivity index (χ2n) is 11.2. The molecule has 3 heterocycles. The second-order valence-corrected chi connectivity index (χ2v) is 11.2. The van der Waals surface area contributed by atoms with E-state index in [4.69, 9.17) is 13.6 Å². The van der Waals surface area contributed by atoms with Crippen molar-refractivity contribution >= 4 is 60.9 Å². The number of anilines is 3. The van der Waals surface area contributed by atoms with Crippen molar-refractivity contribution in [1.29, 1.82) is 0 Å². The highest BCUT2D eigenvalue weighted by Gasteiger charge is 2.24. The van der Waals surface area contributed by atoms with E-state index < -0.39 is 0 Å². The van der Waals surface area contributed by atoms with Gasteiger partial charge in [-0.1, -0.05) is 66.7 Å². The zero-order valence-corrected chi connectivity index (χ0v) is 24.6. The number of fused-ring (bicyclic) bond motifs is 7. The Kier molecular flexibility index (Phi) is 6.06. The quantitative estimate of drug-likeness (QED) is 0.192. The highest BCUT2D eigenvalue weighted by Crippen LogP contribution is 2.48. The summed E-state index contributed by atoms with van der Waals surface area (Å²) < 4.78 is 19.3. The first-order valence-corrected chi connectivity index (χ1v) is 15.2. The Morgan fingerprint density at radius 2 is 1.04 bits per heavy atom. The van der Waals surface area contributed by atoms with Crippen LogP contribution in [0.1, 0.15) is 0 Å². The fourth-order valence-electron chi connectivity index (χ4n) is 6.28. The third-order valence-corrected chi connectivity index (χ3v) is 8.42. The molecule has 0 radical (unpaired) electrons. The normalized spacial score (nSPS) is 11.5. The molecule has 46 heavy (non-hydrogen) atoms. The van der Waals surface area contributed by atoms with Crippen LogP contribution in [-0.4, -0.2) is 4.98 Å². The van der Waals surface area contributed by atoms with Gasteiger partial charge in [-0.05, 0) is 90.0 Å². The lowest BCUT2D eigenvalue weighted by Gasteiger charge is -2.26. The maximum atomic E-state index is 6.67. The van der Waals surface area contributed by atoms with Crippen molar-refractivity contribution in [2.75, 3.05) is 4.90 Å². The zero-order chi connectivity index (χ0) is 30.5. The fraction of sp³-hybridized carbons (Fsp3) is 0. The molecule has 0 spiro atoms. The van der Waals surface area contributed by atoms with Gasteiger partial charge in [-0.25, -0.2) is 0 Å². The Hall–Kier alpha value is -6.33. The van der Waals surface area contributed by atoms with Crippen molar-refractivity contribution in [2.24, 2.45) is 0 Å². The molecule has 0 amide bonds. The monoisotopic (exact) mass is 594 g/mol. The maximum Gasteiger partial charge on any atom is 0.163 e. The fourth-order valence-corrected chi connectivity index (χ4v) is 6.28. The Morgan fingerprint density at radius 3 is 1.78 bits per heavy atom. The molecular weight excluding hydrogens is 568 g/mol. The van der Waals surface area contributed by atoms with E-state index in [9.17, 15) is 0 Å². The summed E-state index contributed by atoms with van der Waals surface area (Å²) in [6.07, 6.45) is 3.63. The van der Waals surface area contributed by atoms with Gasteiger partial charge in [0.15, 0.2) is 5.58 Å². The number of furan rings is 2. The lowest BCUT2D eigenvalue weighted by molar-refractivity contribution is 0.483. The number of hydrogen-bond donors (Lipinski definition) is 0. The highest BCUT2D eigenvalue weighted by molar-refractivity contribution is 6.25. The summed E-state index contributed by atoms with van der Waals surface area (Å²) in [4.78, 5) is 6.43. The Morgan fingerprint density at radius 1 is 0.478 bits per heavy atom. The number of ether oxygens (including phenoxy) is 1. The summed E-state index contributed by atoms with van der Waals surface area (Å²) in [6, 6.07) is 49.2. The Labute approximate surface area is 264 Å². The predicted octanol–water partition coefficient (Wildman–Crippen LogP) is 11.8. The average Bonchev–Trinajstić information content (AvgIpc) is 3.69. The largest absolute Gasteiger partial charge is 0.457 e. The van der Waals surface area contributed by atoms with Crippen LogP contribution < -0.4 is 9.64 Å². The van der Waals surface area contributed by atoms with Gasteiger partial charge in [-0.2, -0.15) is 0 Å². The maximum absolute atomic E-state index is 6.67. The molecule has 0 fully saturated rings. The second kappa shape index (κ2) is 10.7. The molecule has 5 nitrogen and oxygen atoms in total. The van der Waals surface area contributed by atoms with Gasteiger partial charge < -0.3 is 18.5 Å². The Balaban J connectivity index is 1.28. The van der Waals surface area contributed by atoms with E-state index in [1.165, 1.54) is 0 Å². The summed E-state index contributed by atoms with van der Waals surface area (Å²) in [6.45, 7) is 0. The van der Waals surface area contributed by atoms with Gasteiger partial charge in [0, 0.05) is 39.9 Å². The molecular formula is C41H26N2O3. The van der Waals surface area contributed by atoms with Gasteiger partial charge in [0.05, 0.1) is 11.1 Å². The smallest absolute Gasteiger partial charge is 0.163 e. The first kappa shape index (κ1) is 26.1. The minimum absolute atomic E-state index is 0.757. The van der Waals surface area contributed by atoms with Crippen molar-refractivity contribution in [3.05, 3.63) is 158 Å². The molecule has 218 valence electrons. The average molecular weight is 595 g/mol. The van der Waals surface area contributed by atoms with Crippen LogP contribution in [0.4, 0.5) is 17.1 Å². The number of benzene rings is 6. The predicted molar refractivity (Wildman–Crippen MR) is 185 cm³/mol. The van der Waals surface area contributed by atoms with Crippen LogP contribution in [0.2, 0.25) is 0 Å². The molecule has 0 atom stereocenters. The lowest BCUT2D eigenvalue weighted by Crippen LogP contribution is -2.10. The van der Waals surface area contributed by atoms with Crippen molar-refractivity contribution in [1.82, 2.24) is 4.98 Å². The van der Waals surface area contributed by atoms with Crippen LogP contribution >= 0.6 is 0 Å². The molecule has 9 aromatic rings. The lowest BCUT2D eigenvalue weighted by atomic mass is 10.0. The molecule has 5 heteroatoms. The first-order chi connectivity index (χ1) is 22.8. The molecule has 9 rings (SSSR count). The van der Waals surface area contributed by atoms with E-state index in [2.05, 4.69) is 70.5 Å². The highest BCUT2D eigenvalue weighted by atomic mass is 16.5. The van der Waals surface area contributed by atoms with Gasteiger partial charge in [-0.15, -0.1) is 0 Å². The zero-order valence-electron chi connectivity index (χ0n) is 24.6. The molecule has 0 aliphatic carbocycles. The molecule has 0 saturated heterocycles. The molecule has 0 saturated carbocycles. The van der Waals surface area contributed by atoms with Crippen molar-refractivity contribution in [3.63, 3.8) is 0 Å². The van der Waals surface area contributed by atoms with Crippen LogP contribution in [0, 0.1) is 0 Å². The van der Waals surface area contributed by atoms with Gasteiger partial charge >= 0.3 is 0 Å². The summed E-state index contributed by atoms with van der Waals surface area (Å²) >= 11 is 0.